The topological polar surface area (TPSA) is 131 Å². The lowest BCUT2D eigenvalue weighted by Crippen LogP contribution is -2.52. The van der Waals surface area contributed by atoms with Gasteiger partial charge in [0.05, 0.1) is 18.7 Å². The molecule has 0 radical (unpaired) electrons. The van der Waals surface area contributed by atoms with Crippen molar-refractivity contribution in [2.45, 2.75) is 37.9 Å². The number of guanidine groups is 1. The Kier molecular flexibility index (Phi) is 5.95. The lowest BCUT2D eigenvalue weighted by atomic mass is 9.93. The van der Waals surface area contributed by atoms with Gasteiger partial charge in [0, 0.05) is 13.1 Å². The number of benzene rings is 1. The van der Waals surface area contributed by atoms with Crippen LogP contribution in [-0.4, -0.2) is 47.1 Å². The second-order valence-corrected chi connectivity index (χ2v) is 5.83. The fourth-order valence-corrected chi connectivity index (χ4v) is 2.86. The van der Waals surface area contributed by atoms with Crippen LogP contribution < -0.4 is 17.2 Å². The number of nitrogens with two attached hydrogens (primary N) is 3. The SMILES string of the molecule is NC(N)=NCCC[C@H](N)C(=O)N1Cc2ccccc2CC1CO. The number of fused-ring (bicyclic) bond motifs is 1. The third-order valence-corrected chi connectivity index (χ3v) is 4.13. The Labute approximate surface area is 136 Å². The summed E-state index contributed by atoms with van der Waals surface area (Å²) in [6.07, 6.45) is 1.80. The first-order valence-corrected chi connectivity index (χ1v) is 7.82. The molecule has 0 aliphatic carbocycles. The third kappa shape index (κ3) is 4.43. The molecular formula is C16H25N5O2. The van der Waals surface area contributed by atoms with E-state index >= 15 is 0 Å². The van der Waals surface area contributed by atoms with Crippen molar-refractivity contribution >= 4 is 11.9 Å². The average molecular weight is 319 g/mol. The van der Waals surface area contributed by atoms with Crippen LogP contribution in [0.5, 0.6) is 0 Å². The van der Waals surface area contributed by atoms with Crippen LogP contribution in [0.2, 0.25) is 0 Å². The second-order valence-electron chi connectivity index (χ2n) is 5.83. The number of amides is 1. The molecule has 1 aromatic rings. The maximum absolute atomic E-state index is 12.6. The minimum Gasteiger partial charge on any atom is -0.394 e. The molecule has 7 N–H and O–H groups in total. The highest BCUT2D eigenvalue weighted by atomic mass is 16.3. The van der Waals surface area contributed by atoms with Gasteiger partial charge in [-0.25, -0.2) is 0 Å². The molecule has 0 fully saturated rings. The van der Waals surface area contributed by atoms with Gasteiger partial charge in [0.15, 0.2) is 5.96 Å². The Balaban J connectivity index is 1.98. The van der Waals surface area contributed by atoms with E-state index in [1.54, 1.807) is 4.90 Å². The molecule has 126 valence electrons. The summed E-state index contributed by atoms with van der Waals surface area (Å²) >= 11 is 0. The molecule has 0 bridgehead atoms. The van der Waals surface area contributed by atoms with Gasteiger partial charge in [-0.05, 0) is 30.4 Å². The van der Waals surface area contributed by atoms with Crippen LogP contribution in [0, 0.1) is 0 Å². The smallest absolute Gasteiger partial charge is 0.240 e. The Morgan fingerprint density at radius 3 is 2.70 bits per heavy atom. The number of aliphatic hydroxyl groups excluding tert-OH is 1. The second kappa shape index (κ2) is 7.94. The molecule has 2 atom stereocenters. The maximum Gasteiger partial charge on any atom is 0.240 e. The van der Waals surface area contributed by atoms with Gasteiger partial charge < -0.3 is 27.2 Å². The third-order valence-electron chi connectivity index (χ3n) is 4.13. The molecule has 1 aliphatic heterocycles. The summed E-state index contributed by atoms with van der Waals surface area (Å²) in [6, 6.07) is 7.14. The van der Waals surface area contributed by atoms with E-state index in [0.717, 1.165) is 5.56 Å². The maximum atomic E-state index is 12.6. The fraction of sp³-hybridized carbons (Fsp3) is 0.500. The lowest BCUT2D eigenvalue weighted by molar-refractivity contribution is -0.137. The summed E-state index contributed by atoms with van der Waals surface area (Å²) in [4.78, 5) is 18.2. The molecule has 23 heavy (non-hydrogen) atoms. The summed E-state index contributed by atoms with van der Waals surface area (Å²) in [5, 5.41) is 9.61. The molecule has 0 spiro atoms. The van der Waals surface area contributed by atoms with E-state index in [2.05, 4.69) is 4.99 Å². The Morgan fingerprint density at radius 1 is 1.35 bits per heavy atom. The summed E-state index contributed by atoms with van der Waals surface area (Å²) in [7, 11) is 0. The summed E-state index contributed by atoms with van der Waals surface area (Å²) in [5.41, 5.74) is 18.8. The zero-order valence-corrected chi connectivity index (χ0v) is 13.2. The molecule has 0 saturated heterocycles. The van der Waals surface area contributed by atoms with Gasteiger partial charge in [0.25, 0.3) is 0 Å². The molecule has 7 heteroatoms. The molecular weight excluding hydrogens is 294 g/mol. The van der Waals surface area contributed by atoms with E-state index in [0.29, 0.717) is 32.4 Å². The molecule has 1 unspecified atom stereocenters. The number of hydrogen-bond donors (Lipinski definition) is 4. The van der Waals surface area contributed by atoms with Gasteiger partial charge in [-0.2, -0.15) is 0 Å². The van der Waals surface area contributed by atoms with Gasteiger partial charge in [-0.3, -0.25) is 9.79 Å². The van der Waals surface area contributed by atoms with Crippen LogP contribution in [0.1, 0.15) is 24.0 Å². The van der Waals surface area contributed by atoms with Crippen LogP contribution >= 0.6 is 0 Å². The molecule has 1 heterocycles. The summed E-state index contributed by atoms with van der Waals surface area (Å²) < 4.78 is 0. The minimum absolute atomic E-state index is 0.0397. The number of carbonyl (C=O) groups is 1. The molecule has 2 rings (SSSR count). The van der Waals surface area contributed by atoms with Crippen molar-refractivity contribution in [2.75, 3.05) is 13.2 Å². The molecule has 0 saturated carbocycles. The quantitative estimate of drug-likeness (QED) is 0.313. The monoisotopic (exact) mass is 319 g/mol. The van der Waals surface area contributed by atoms with Gasteiger partial charge in [-0.1, -0.05) is 24.3 Å². The number of aliphatic imine (C=N–C) groups is 1. The van der Waals surface area contributed by atoms with Crippen molar-refractivity contribution in [3.8, 4) is 0 Å². The zero-order valence-electron chi connectivity index (χ0n) is 13.2. The highest BCUT2D eigenvalue weighted by molar-refractivity contribution is 5.82. The van der Waals surface area contributed by atoms with Crippen LogP contribution in [0.25, 0.3) is 0 Å². The lowest BCUT2D eigenvalue weighted by Gasteiger charge is -2.37. The normalized spacial score (nSPS) is 18.2. The molecule has 7 nitrogen and oxygen atoms in total. The van der Waals surface area contributed by atoms with E-state index in [4.69, 9.17) is 17.2 Å². The van der Waals surface area contributed by atoms with Gasteiger partial charge in [0.2, 0.25) is 5.91 Å². The van der Waals surface area contributed by atoms with E-state index in [-0.39, 0.29) is 24.5 Å². The predicted molar refractivity (Wildman–Crippen MR) is 89.5 cm³/mol. The number of nitrogens with zero attached hydrogens (tertiary/aromatic N) is 2. The van der Waals surface area contributed by atoms with Crippen LogP contribution in [0.3, 0.4) is 0 Å². The Hall–Kier alpha value is -2.12. The summed E-state index contributed by atoms with van der Waals surface area (Å²) in [6.45, 7) is 0.873. The number of carbonyl (C=O) groups excluding carboxylic acids is 1. The molecule has 1 amide bonds. The average Bonchev–Trinajstić information content (AvgIpc) is 2.56. The minimum atomic E-state index is -0.608. The Bertz CT molecular complexity index is 571. The number of aliphatic hydroxyl groups is 1. The molecule has 1 aliphatic rings. The largest absolute Gasteiger partial charge is 0.394 e. The van der Waals surface area contributed by atoms with E-state index in [9.17, 15) is 9.90 Å². The van der Waals surface area contributed by atoms with Crippen molar-refractivity contribution in [3.05, 3.63) is 35.4 Å². The first-order valence-electron chi connectivity index (χ1n) is 7.82. The van der Waals surface area contributed by atoms with Crippen LogP contribution in [0.4, 0.5) is 0 Å². The Morgan fingerprint density at radius 2 is 2.04 bits per heavy atom. The molecule has 0 aromatic heterocycles. The van der Waals surface area contributed by atoms with Crippen molar-refractivity contribution in [1.29, 1.82) is 0 Å². The van der Waals surface area contributed by atoms with Gasteiger partial charge >= 0.3 is 0 Å². The van der Waals surface area contributed by atoms with Gasteiger partial charge in [-0.15, -0.1) is 0 Å². The van der Waals surface area contributed by atoms with Crippen molar-refractivity contribution < 1.29 is 9.90 Å². The first-order chi connectivity index (χ1) is 11.0. The van der Waals surface area contributed by atoms with E-state index in [1.807, 2.05) is 24.3 Å². The predicted octanol–water partition coefficient (Wildman–Crippen LogP) is -0.687. The van der Waals surface area contributed by atoms with Gasteiger partial charge in [0.1, 0.15) is 0 Å². The molecule has 1 aromatic carbocycles. The van der Waals surface area contributed by atoms with Crippen molar-refractivity contribution in [3.63, 3.8) is 0 Å². The van der Waals surface area contributed by atoms with E-state index < -0.39 is 6.04 Å². The summed E-state index contributed by atoms with van der Waals surface area (Å²) in [5.74, 6) is -0.0962. The van der Waals surface area contributed by atoms with Crippen LogP contribution in [-0.2, 0) is 17.8 Å². The number of hydrogen-bond acceptors (Lipinski definition) is 4. The van der Waals surface area contributed by atoms with Crippen LogP contribution in [0.15, 0.2) is 29.3 Å². The first kappa shape index (κ1) is 17.2. The van der Waals surface area contributed by atoms with Crippen molar-refractivity contribution in [2.24, 2.45) is 22.2 Å². The van der Waals surface area contributed by atoms with E-state index in [1.165, 1.54) is 5.56 Å². The standard InChI is InChI=1S/C16H25N5O2/c17-14(6-3-7-20-16(18)19)15(23)21-9-12-5-2-1-4-11(12)8-13(21)10-22/h1-2,4-5,13-14,22H,3,6-10,17H2,(H4,18,19,20)/t13?,14-/m0/s1. The highest BCUT2D eigenvalue weighted by Gasteiger charge is 2.31. The van der Waals surface area contributed by atoms with Crippen molar-refractivity contribution in [1.82, 2.24) is 4.90 Å². The zero-order chi connectivity index (χ0) is 16.8. The fourth-order valence-electron chi connectivity index (χ4n) is 2.86. The number of rotatable bonds is 6. The highest BCUT2D eigenvalue weighted by Crippen LogP contribution is 2.24.